The maximum absolute atomic E-state index is 12.7. The predicted molar refractivity (Wildman–Crippen MR) is 128 cm³/mol. The molecular formula is C26H38F3NO6. The first-order chi connectivity index (χ1) is 17.2. The molecule has 1 saturated carbocycles. The van der Waals surface area contributed by atoms with Gasteiger partial charge in [0.25, 0.3) is 0 Å². The second kappa shape index (κ2) is 15.6. The monoisotopic (exact) mass is 517 g/mol. The first kappa shape index (κ1) is 29.7. The molecule has 1 aromatic carbocycles. The first-order valence-electron chi connectivity index (χ1n) is 12.8. The van der Waals surface area contributed by atoms with Crippen LogP contribution in [0.25, 0.3) is 0 Å². The summed E-state index contributed by atoms with van der Waals surface area (Å²) in [6.45, 7) is 2.97. The van der Waals surface area contributed by atoms with E-state index >= 15 is 0 Å². The van der Waals surface area contributed by atoms with Crippen molar-refractivity contribution in [3.05, 3.63) is 29.8 Å². The van der Waals surface area contributed by atoms with Crippen molar-refractivity contribution in [2.75, 3.05) is 26.3 Å². The van der Waals surface area contributed by atoms with Crippen LogP contribution in [0.15, 0.2) is 24.3 Å². The zero-order valence-corrected chi connectivity index (χ0v) is 20.9. The number of hydrogen-bond donors (Lipinski definition) is 1. The number of ether oxygens (including phenoxy) is 3. The number of hydrogen-bond acceptors (Lipinski definition) is 5. The van der Waals surface area contributed by atoms with E-state index in [0.29, 0.717) is 44.7 Å². The maximum atomic E-state index is 12.7. The fourth-order valence-corrected chi connectivity index (χ4v) is 4.13. The zero-order chi connectivity index (χ0) is 26.4. The van der Waals surface area contributed by atoms with Crippen molar-refractivity contribution in [3.8, 4) is 5.75 Å². The van der Waals surface area contributed by atoms with Crippen molar-refractivity contribution >= 4 is 12.1 Å². The van der Waals surface area contributed by atoms with Gasteiger partial charge in [0.15, 0.2) is 6.10 Å². The van der Waals surface area contributed by atoms with Crippen molar-refractivity contribution in [1.29, 1.82) is 0 Å². The molecule has 1 aromatic rings. The second-order valence-corrected chi connectivity index (χ2v) is 9.04. The molecule has 1 N–H and O–H groups in total. The van der Waals surface area contributed by atoms with E-state index in [4.69, 9.17) is 14.2 Å². The van der Waals surface area contributed by atoms with Gasteiger partial charge < -0.3 is 24.2 Å². The first-order valence-corrected chi connectivity index (χ1v) is 12.8. The van der Waals surface area contributed by atoms with E-state index in [9.17, 15) is 27.9 Å². The Labute approximate surface area is 210 Å². The van der Waals surface area contributed by atoms with E-state index in [-0.39, 0.29) is 25.6 Å². The van der Waals surface area contributed by atoms with E-state index < -0.39 is 30.8 Å². The van der Waals surface area contributed by atoms with Gasteiger partial charge in [-0.15, -0.1) is 0 Å². The summed E-state index contributed by atoms with van der Waals surface area (Å²) in [5.74, 6) is -0.430. The molecule has 0 bridgehead atoms. The molecule has 204 valence electrons. The fraction of sp³-hybridized carbons (Fsp3) is 0.692. The Bertz CT molecular complexity index is 781. The lowest BCUT2D eigenvalue weighted by Gasteiger charge is -2.24. The zero-order valence-electron chi connectivity index (χ0n) is 20.9. The molecule has 0 saturated heterocycles. The number of halogens is 3. The van der Waals surface area contributed by atoms with E-state index in [1.807, 2.05) is 0 Å². The number of nitrogens with zero attached hydrogens (tertiary/aromatic N) is 1. The number of unbranched alkanes of at least 4 members (excludes halogenated alkanes) is 3. The minimum absolute atomic E-state index is 0.0773. The number of alkyl halides is 3. The minimum Gasteiger partial charge on any atom is -0.492 e. The molecule has 1 atom stereocenters. The molecule has 1 aliphatic rings. The number of benzene rings is 1. The van der Waals surface area contributed by atoms with Gasteiger partial charge in [0, 0.05) is 26.0 Å². The number of rotatable bonds is 16. The van der Waals surface area contributed by atoms with Gasteiger partial charge in [0.2, 0.25) is 0 Å². The van der Waals surface area contributed by atoms with Crippen LogP contribution in [-0.2, 0) is 20.7 Å². The Morgan fingerprint density at radius 3 is 2.33 bits per heavy atom. The molecular weight excluding hydrogens is 479 g/mol. The lowest BCUT2D eigenvalue weighted by Crippen LogP contribution is -2.37. The topological polar surface area (TPSA) is 85.3 Å². The molecule has 2 rings (SSSR count). The summed E-state index contributed by atoms with van der Waals surface area (Å²) in [5, 5.41) is 9.22. The van der Waals surface area contributed by atoms with E-state index in [0.717, 1.165) is 31.2 Å². The second-order valence-electron chi connectivity index (χ2n) is 9.04. The molecule has 1 fully saturated rings. The van der Waals surface area contributed by atoms with E-state index in [1.54, 1.807) is 36.1 Å². The van der Waals surface area contributed by atoms with Crippen LogP contribution in [0, 0.1) is 0 Å². The number of carbonyl (C=O) groups excluding carboxylic acids is 1. The van der Waals surface area contributed by atoms with Crippen molar-refractivity contribution in [2.45, 2.75) is 89.5 Å². The highest BCUT2D eigenvalue weighted by Gasteiger charge is 2.26. The molecule has 7 nitrogen and oxygen atoms in total. The Balaban J connectivity index is 1.81. The number of aliphatic carboxylic acids is 1. The van der Waals surface area contributed by atoms with Gasteiger partial charge in [0.05, 0.1) is 6.54 Å². The minimum atomic E-state index is -4.13. The molecule has 0 heterocycles. The Hall–Kier alpha value is -2.49. The van der Waals surface area contributed by atoms with Gasteiger partial charge >= 0.3 is 18.2 Å². The van der Waals surface area contributed by atoms with Crippen LogP contribution in [0.2, 0.25) is 0 Å². The number of carboxylic acids is 1. The molecule has 10 heteroatoms. The highest BCUT2D eigenvalue weighted by Crippen LogP contribution is 2.24. The van der Waals surface area contributed by atoms with E-state index in [2.05, 4.69) is 0 Å². The van der Waals surface area contributed by atoms with Gasteiger partial charge in [-0.3, -0.25) is 0 Å². The van der Waals surface area contributed by atoms with Crippen molar-refractivity contribution in [3.63, 3.8) is 0 Å². The quantitative estimate of drug-likeness (QED) is 0.271. The highest BCUT2D eigenvalue weighted by molar-refractivity contribution is 5.72. The average Bonchev–Trinajstić information content (AvgIpc) is 3.33. The number of carbonyl (C=O) groups is 2. The summed E-state index contributed by atoms with van der Waals surface area (Å²) in [5.41, 5.74) is 0.801. The molecule has 1 amide bonds. The molecule has 36 heavy (non-hydrogen) atoms. The van der Waals surface area contributed by atoms with Crippen LogP contribution in [0.3, 0.4) is 0 Å². The summed E-state index contributed by atoms with van der Waals surface area (Å²) in [7, 11) is 0. The SMILES string of the molecule is CCOC(Cc1ccc(OCCN(CCCCCCC(F)(F)F)C(=O)OC2CCCC2)cc1)C(=O)O. The predicted octanol–water partition coefficient (Wildman–Crippen LogP) is 5.99. The van der Waals surface area contributed by atoms with Crippen LogP contribution in [0.1, 0.15) is 70.3 Å². The third kappa shape index (κ3) is 12.0. The van der Waals surface area contributed by atoms with E-state index in [1.165, 1.54) is 0 Å². The Morgan fingerprint density at radius 1 is 1.06 bits per heavy atom. The molecule has 0 spiro atoms. The van der Waals surface area contributed by atoms with Crippen LogP contribution in [-0.4, -0.2) is 66.8 Å². The van der Waals surface area contributed by atoms with Crippen LogP contribution < -0.4 is 4.74 Å². The summed E-state index contributed by atoms with van der Waals surface area (Å²) >= 11 is 0. The highest BCUT2D eigenvalue weighted by atomic mass is 19.4. The van der Waals surface area contributed by atoms with Crippen molar-refractivity contribution in [2.24, 2.45) is 0 Å². The van der Waals surface area contributed by atoms with Crippen LogP contribution in [0.4, 0.5) is 18.0 Å². The molecule has 1 unspecified atom stereocenters. The van der Waals surface area contributed by atoms with Crippen LogP contribution in [0.5, 0.6) is 5.75 Å². The summed E-state index contributed by atoms with van der Waals surface area (Å²) < 4.78 is 53.5. The Kier molecular flexibility index (Phi) is 12.9. The van der Waals surface area contributed by atoms with Crippen molar-refractivity contribution in [1.82, 2.24) is 4.90 Å². The standard InChI is InChI=1S/C26H38F3NO6/c1-2-34-23(24(31)32)19-20-11-13-21(14-12-20)35-18-17-30(25(33)36-22-9-5-6-10-22)16-8-4-3-7-15-26(27,28)29/h11-14,22-23H,2-10,15-19H2,1H3,(H,31,32). The molecule has 1 aliphatic carbocycles. The summed E-state index contributed by atoms with van der Waals surface area (Å²) in [4.78, 5) is 25.5. The maximum Gasteiger partial charge on any atom is 0.410 e. The lowest BCUT2D eigenvalue weighted by molar-refractivity contribution is -0.150. The van der Waals surface area contributed by atoms with Gasteiger partial charge in [0.1, 0.15) is 18.5 Å². The molecule has 0 aromatic heterocycles. The summed E-state index contributed by atoms with van der Waals surface area (Å²) in [6, 6.07) is 7.03. The fourth-order valence-electron chi connectivity index (χ4n) is 4.13. The molecule has 0 aliphatic heterocycles. The average molecular weight is 518 g/mol. The number of amides is 1. The van der Waals surface area contributed by atoms with Gasteiger partial charge in [-0.25, -0.2) is 9.59 Å². The molecule has 0 radical (unpaired) electrons. The van der Waals surface area contributed by atoms with Crippen molar-refractivity contribution < 1.29 is 42.1 Å². The third-order valence-electron chi connectivity index (χ3n) is 6.08. The van der Waals surface area contributed by atoms with Gasteiger partial charge in [-0.2, -0.15) is 13.2 Å². The largest absolute Gasteiger partial charge is 0.492 e. The van der Waals surface area contributed by atoms with Gasteiger partial charge in [-0.05, 0) is 63.1 Å². The number of carboxylic acid groups (broad SMARTS) is 1. The normalized spacial score (nSPS) is 15.0. The Morgan fingerprint density at radius 2 is 1.72 bits per heavy atom. The van der Waals surface area contributed by atoms with Crippen LogP contribution >= 0.6 is 0 Å². The summed E-state index contributed by atoms with van der Waals surface area (Å²) in [6.07, 6.45) is -0.543. The van der Waals surface area contributed by atoms with Gasteiger partial charge in [-0.1, -0.05) is 25.0 Å². The lowest BCUT2D eigenvalue weighted by atomic mass is 10.1. The third-order valence-corrected chi connectivity index (χ3v) is 6.08. The smallest absolute Gasteiger partial charge is 0.410 e.